The maximum absolute atomic E-state index is 12.2. The molecule has 2 aromatic rings. The number of nitrogens with zero attached hydrogens (tertiary/aromatic N) is 1. The highest BCUT2D eigenvalue weighted by molar-refractivity contribution is 7.99. The van der Waals surface area contributed by atoms with Crippen molar-refractivity contribution >= 4 is 28.8 Å². The van der Waals surface area contributed by atoms with Crippen LogP contribution in [0.15, 0.2) is 23.0 Å². The number of nitrogens with one attached hydrogen (secondary N) is 1. The average Bonchev–Trinajstić information content (AvgIpc) is 3.01. The van der Waals surface area contributed by atoms with Crippen molar-refractivity contribution in [3.8, 4) is 0 Å². The summed E-state index contributed by atoms with van der Waals surface area (Å²) in [5, 5.41) is 9.72. The van der Waals surface area contributed by atoms with E-state index in [1.54, 1.807) is 16.7 Å². The average molecular weight is 306 g/mol. The van der Waals surface area contributed by atoms with Gasteiger partial charge in [-0.1, -0.05) is 6.92 Å². The maximum atomic E-state index is 12.2. The molecule has 112 valence electrons. The number of carboxylic acid groups (broad SMARTS) is 1. The second-order valence-electron chi connectivity index (χ2n) is 5.38. The number of aromatic carboxylic acids is 1. The summed E-state index contributed by atoms with van der Waals surface area (Å²) in [6.07, 6.45) is 3.06. The summed E-state index contributed by atoms with van der Waals surface area (Å²) in [5.74, 6) is 0.117. The number of aromatic amines is 1. The van der Waals surface area contributed by atoms with Crippen molar-refractivity contribution < 1.29 is 9.90 Å². The molecule has 5 nitrogen and oxygen atoms in total. The Kier molecular flexibility index (Phi) is 3.80. The molecular formula is C15H18N2O3S. The Labute approximate surface area is 126 Å². The van der Waals surface area contributed by atoms with Crippen LogP contribution in [0, 0.1) is 0 Å². The van der Waals surface area contributed by atoms with Gasteiger partial charge in [0, 0.05) is 11.3 Å². The smallest absolute Gasteiger partial charge is 0.335 e. The van der Waals surface area contributed by atoms with Crippen LogP contribution in [-0.4, -0.2) is 31.6 Å². The third kappa shape index (κ3) is 2.60. The van der Waals surface area contributed by atoms with Crippen molar-refractivity contribution in [2.75, 3.05) is 5.75 Å². The number of aromatic nitrogens is 2. The monoisotopic (exact) mass is 306 g/mol. The van der Waals surface area contributed by atoms with E-state index in [9.17, 15) is 9.59 Å². The molecule has 1 aliphatic carbocycles. The molecule has 21 heavy (non-hydrogen) atoms. The highest BCUT2D eigenvalue weighted by atomic mass is 32.2. The standard InChI is InChI=1S/C15H18N2O3S/c1-2-21-11-5-4-10(8-11)17-13-7-9(14(18)19)3-6-12(13)16-15(17)20/h3,6-7,10-11H,2,4-5,8H2,1H3,(H,16,20)(H,18,19). The maximum Gasteiger partial charge on any atom is 0.335 e. The van der Waals surface area contributed by atoms with E-state index in [4.69, 9.17) is 5.11 Å². The third-order valence-electron chi connectivity index (χ3n) is 4.09. The largest absolute Gasteiger partial charge is 0.478 e. The minimum atomic E-state index is -0.970. The summed E-state index contributed by atoms with van der Waals surface area (Å²) in [6, 6.07) is 4.95. The van der Waals surface area contributed by atoms with Gasteiger partial charge in [-0.15, -0.1) is 0 Å². The van der Waals surface area contributed by atoms with Crippen LogP contribution in [0.3, 0.4) is 0 Å². The summed E-state index contributed by atoms with van der Waals surface area (Å²) >= 11 is 1.94. The fourth-order valence-electron chi connectivity index (χ4n) is 3.16. The van der Waals surface area contributed by atoms with Crippen LogP contribution in [0.5, 0.6) is 0 Å². The van der Waals surface area contributed by atoms with Gasteiger partial charge < -0.3 is 10.1 Å². The first-order chi connectivity index (χ1) is 10.1. The molecule has 1 heterocycles. The van der Waals surface area contributed by atoms with E-state index in [-0.39, 0.29) is 17.3 Å². The molecular weight excluding hydrogens is 288 g/mol. The zero-order chi connectivity index (χ0) is 15.0. The number of hydrogen-bond donors (Lipinski definition) is 2. The topological polar surface area (TPSA) is 75.1 Å². The minimum Gasteiger partial charge on any atom is -0.478 e. The zero-order valence-electron chi connectivity index (χ0n) is 11.8. The van der Waals surface area contributed by atoms with Gasteiger partial charge in [0.2, 0.25) is 0 Å². The minimum absolute atomic E-state index is 0.139. The van der Waals surface area contributed by atoms with Crippen LogP contribution >= 0.6 is 11.8 Å². The first-order valence-corrected chi connectivity index (χ1v) is 8.24. The van der Waals surface area contributed by atoms with Crippen molar-refractivity contribution in [3.63, 3.8) is 0 Å². The fraction of sp³-hybridized carbons (Fsp3) is 0.467. The lowest BCUT2D eigenvalue weighted by atomic mass is 10.2. The molecule has 2 unspecified atom stereocenters. The Bertz CT molecular complexity index is 734. The van der Waals surface area contributed by atoms with Gasteiger partial charge in [0.25, 0.3) is 0 Å². The molecule has 2 N–H and O–H groups in total. The summed E-state index contributed by atoms with van der Waals surface area (Å²) in [4.78, 5) is 26.2. The first kappa shape index (κ1) is 14.3. The second-order valence-corrected chi connectivity index (χ2v) is 6.96. The molecule has 1 saturated carbocycles. The van der Waals surface area contributed by atoms with Gasteiger partial charge >= 0.3 is 11.7 Å². The Morgan fingerprint density at radius 1 is 1.48 bits per heavy atom. The van der Waals surface area contributed by atoms with Crippen LogP contribution in [0.25, 0.3) is 11.0 Å². The van der Waals surface area contributed by atoms with E-state index in [0.29, 0.717) is 16.3 Å². The number of carboxylic acids is 1. The lowest BCUT2D eigenvalue weighted by Crippen LogP contribution is -2.21. The molecule has 0 saturated heterocycles. The van der Waals surface area contributed by atoms with Gasteiger partial charge in [-0.05, 0) is 43.2 Å². The predicted octanol–water partition coefficient (Wildman–Crippen LogP) is 2.87. The Hall–Kier alpha value is -1.69. The van der Waals surface area contributed by atoms with Crippen LogP contribution < -0.4 is 5.69 Å². The first-order valence-electron chi connectivity index (χ1n) is 7.19. The molecule has 3 rings (SSSR count). The van der Waals surface area contributed by atoms with Crippen LogP contribution in [0.1, 0.15) is 42.6 Å². The Morgan fingerprint density at radius 2 is 2.29 bits per heavy atom. The Balaban J connectivity index is 2.01. The normalized spacial score (nSPS) is 22.0. The van der Waals surface area contributed by atoms with Crippen LogP contribution in [0.4, 0.5) is 0 Å². The van der Waals surface area contributed by atoms with Crippen LogP contribution in [0.2, 0.25) is 0 Å². The van der Waals surface area contributed by atoms with Gasteiger partial charge in [-0.25, -0.2) is 9.59 Å². The summed E-state index contributed by atoms with van der Waals surface area (Å²) in [5.41, 5.74) is 1.48. The number of rotatable bonds is 4. The summed E-state index contributed by atoms with van der Waals surface area (Å²) in [6.45, 7) is 2.15. The Morgan fingerprint density at radius 3 is 3.00 bits per heavy atom. The number of carbonyl (C=O) groups is 1. The fourth-order valence-corrected chi connectivity index (χ4v) is 4.29. The number of benzene rings is 1. The van der Waals surface area contributed by atoms with Crippen molar-refractivity contribution in [1.82, 2.24) is 9.55 Å². The SMILES string of the molecule is CCSC1CCC(n2c(=O)[nH]c3ccc(C(=O)O)cc32)C1. The van der Waals surface area contributed by atoms with Crippen molar-refractivity contribution in [2.45, 2.75) is 37.5 Å². The van der Waals surface area contributed by atoms with E-state index in [1.165, 1.54) is 6.07 Å². The van der Waals surface area contributed by atoms with Crippen molar-refractivity contribution in [3.05, 3.63) is 34.2 Å². The van der Waals surface area contributed by atoms with Gasteiger partial charge in [0.05, 0.1) is 16.6 Å². The zero-order valence-corrected chi connectivity index (χ0v) is 12.7. The molecule has 1 fully saturated rings. The molecule has 1 aromatic carbocycles. The number of fused-ring (bicyclic) bond motifs is 1. The molecule has 6 heteroatoms. The molecule has 1 aromatic heterocycles. The van der Waals surface area contributed by atoms with Crippen molar-refractivity contribution in [1.29, 1.82) is 0 Å². The quantitative estimate of drug-likeness (QED) is 0.911. The highest BCUT2D eigenvalue weighted by Gasteiger charge is 2.28. The predicted molar refractivity (Wildman–Crippen MR) is 84.3 cm³/mol. The molecule has 0 spiro atoms. The van der Waals surface area contributed by atoms with Gasteiger partial charge in [0.1, 0.15) is 0 Å². The van der Waals surface area contributed by atoms with E-state index in [1.807, 2.05) is 11.8 Å². The van der Waals surface area contributed by atoms with E-state index in [2.05, 4.69) is 11.9 Å². The lowest BCUT2D eigenvalue weighted by molar-refractivity contribution is 0.0697. The molecule has 0 amide bonds. The van der Waals surface area contributed by atoms with Gasteiger partial charge in [-0.3, -0.25) is 4.57 Å². The van der Waals surface area contributed by atoms with Gasteiger partial charge in [-0.2, -0.15) is 11.8 Å². The third-order valence-corrected chi connectivity index (χ3v) is 5.32. The number of H-pyrrole nitrogens is 1. The molecule has 2 atom stereocenters. The molecule has 0 aliphatic heterocycles. The van der Waals surface area contributed by atoms with E-state index >= 15 is 0 Å². The molecule has 0 bridgehead atoms. The number of thioether (sulfide) groups is 1. The van der Waals surface area contributed by atoms with Crippen molar-refractivity contribution in [2.24, 2.45) is 0 Å². The van der Waals surface area contributed by atoms with Gasteiger partial charge in [0.15, 0.2) is 0 Å². The molecule has 1 aliphatic rings. The van der Waals surface area contributed by atoms with Crippen LogP contribution in [-0.2, 0) is 0 Å². The van der Waals surface area contributed by atoms with E-state index in [0.717, 1.165) is 25.0 Å². The van der Waals surface area contributed by atoms with E-state index < -0.39 is 5.97 Å². The number of imidazole rings is 1. The summed E-state index contributed by atoms with van der Waals surface area (Å²) < 4.78 is 1.75. The lowest BCUT2D eigenvalue weighted by Gasteiger charge is -2.13. The second kappa shape index (κ2) is 5.60. The highest BCUT2D eigenvalue weighted by Crippen LogP contribution is 2.37. The molecule has 0 radical (unpaired) electrons. The number of hydrogen-bond acceptors (Lipinski definition) is 3. The summed E-state index contributed by atoms with van der Waals surface area (Å²) in [7, 11) is 0.